The molecular weight excluding hydrogens is 168 g/mol. The number of rotatable bonds is 5. The first kappa shape index (κ1) is 12.1. The molecular formula is C14H28. The van der Waals surface area contributed by atoms with Gasteiger partial charge in [0.15, 0.2) is 0 Å². The monoisotopic (exact) mass is 196 g/mol. The number of hydrogen-bond donors (Lipinski definition) is 0. The summed E-state index contributed by atoms with van der Waals surface area (Å²) < 4.78 is 0. The van der Waals surface area contributed by atoms with Crippen LogP contribution in [0.4, 0.5) is 0 Å². The minimum absolute atomic E-state index is 0.866. The van der Waals surface area contributed by atoms with E-state index in [1.165, 1.54) is 12.8 Å². The Kier molecular flexibility index (Phi) is 4.04. The Morgan fingerprint density at radius 2 is 1.50 bits per heavy atom. The Morgan fingerprint density at radius 3 is 1.93 bits per heavy atom. The summed E-state index contributed by atoms with van der Waals surface area (Å²) in [4.78, 5) is 0. The first-order valence-electron chi connectivity index (χ1n) is 6.43. The van der Waals surface area contributed by atoms with Crippen molar-refractivity contribution in [2.75, 3.05) is 0 Å². The van der Waals surface area contributed by atoms with E-state index >= 15 is 0 Å². The largest absolute Gasteiger partial charge is 0.0625 e. The smallest absolute Gasteiger partial charge is 0.0355 e. The van der Waals surface area contributed by atoms with Gasteiger partial charge in [-0.15, -0.1) is 0 Å². The lowest BCUT2D eigenvalue weighted by molar-refractivity contribution is 0.316. The van der Waals surface area contributed by atoms with Crippen molar-refractivity contribution in [3.8, 4) is 0 Å². The van der Waals surface area contributed by atoms with Gasteiger partial charge in [0.05, 0.1) is 0 Å². The third kappa shape index (κ3) is 3.00. The van der Waals surface area contributed by atoms with Crippen LogP contribution >= 0.6 is 0 Å². The fourth-order valence-corrected chi connectivity index (χ4v) is 2.43. The summed E-state index contributed by atoms with van der Waals surface area (Å²) in [7, 11) is 0. The lowest BCUT2D eigenvalue weighted by Gasteiger charge is -2.18. The standard InChI is InChI=1S/C14H28/c1-9(2)11(5)7-13-8-14(13)12(6)10(3)4/h9-14H,7-8H2,1-6H3. The van der Waals surface area contributed by atoms with Gasteiger partial charge in [0, 0.05) is 0 Å². The molecule has 0 heterocycles. The van der Waals surface area contributed by atoms with Crippen LogP contribution in [0.2, 0.25) is 0 Å². The molecule has 1 rings (SSSR count). The molecule has 0 saturated heterocycles. The molecule has 0 aromatic heterocycles. The Bertz CT molecular complexity index is 169. The van der Waals surface area contributed by atoms with Crippen LogP contribution in [-0.4, -0.2) is 0 Å². The van der Waals surface area contributed by atoms with Gasteiger partial charge >= 0.3 is 0 Å². The zero-order valence-corrected chi connectivity index (χ0v) is 10.9. The second kappa shape index (κ2) is 4.68. The molecule has 0 nitrogen and oxygen atoms in total. The van der Waals surface area contributed by atoms with Crippen molar-refractivity contribution in [3.63, 3.8) is 0 Å². The van der Waals surface area contributed by atoms with Crippen LogP contribution in [-0.2, 0) is 0 Å². The van der Waals surface area contributed by atoms with Crippen LogP contribution in [0.1, 0.15) is 54.4 Å². The lowest BCUT2D eigenvalue weighted by atomic mass is 9.88. The second-order valence-corrected chi connectivity index (χ2v) is 6.22. The molecule has 1 fully saturated rings. The van der Waals surface area contributed by atoms with Gasteiger partial charge in [0.25, 0.3) is 0 Å². The highest BCUT2D eigenvalue weighted by molar-refractivity contribution is 4.91. The van der Waals surface area contributed by atoms with E-state index in [1.807, 2.05) is 0 Å². The predicted molar refractivity (Wildman–Crippen MR) is 64.2 cm³/mol. The Labute approximate surface area is 90.5 Å². The fourth-order valence-electron chi connectivity index (χ4n) is 2.43. The molecule has 4 atom stereocenters. The first-order chi connectivity index (χ1) is 6.43. The van der Waals surface area contributed by atoms with Gasteiger partial charge in [-0.05, 0) is 48.3 Å². The van der Waals surface area contributed by atoms with Crippen LogP contribution < -0.4 is 0 Å². The summed E-state index contributed by atoms with van der Waals surface area (Å²) in [6.07, 6.45) is 2.98. The third-order valence-corrected chi connectivity index (χ3v) is 4.52. The van der Waals surface area contributed by atoms with Crippen molar-refractivity contribution >= 4 is 0 Å². The molecule has 4 unspecified atom stereocenters. The predicted octanol–water partition coefficient (Wildman–Crippen LogP) is 4.60. The Balaban J connectivity index is 2.26. The van der Waals surface area contributed by atoms with Gasteiger partial charge < -0.3 is 0 Å². The first-order valence-corrected chi connectivity index (χ1v) is 6.43. The Morgan fingerprint density at radius 1 is 0.929 bits per heavy atom. The molecule has 0 aliphatic heterocycles. The maximum absolute atomic E-state index is 2.44. The van der Waals surface area contributed by atoms with Crippen molar-refractivity contribution in [2.24, 2.45) is 35.5 Å². The topological polar surface area (TPSA) is 0 Å². The highest BCUT2D eigenvalue weighted by Gasteiger charge is 2.42. The molecule has 0 bridgehead atoms. The normalized spacial score (nSPS) is 30.9. The van der Waals surface area contributed by atoms with Gasteiger partial charge in [0.2, 0.25) is 0 Å². The van der Waals surface area contributed by atoms with E-state index in [9.17, 15) is 0 Å². The van der Waals surface area contributed by atoms with E-state index in [4.69, 9.17) is 0 Å². The van der Waals surface area contributed by atoms with Crippen LogP contribution in [0.25, 0.3) is 0 Å². The maximum atomic E-state index is 2.44. The summed E-state index contributed by atoms with van der Waals surface area (Å²) >= 11 is 0. The highest BCUT2D eigenvalue weighted by Crippen LogP contribution is 2.50. The van der Waals surface area contributed by atoms with Crippen molar-refractivity contribution in [3.05, 3.63) is 0 Å². The molecule has 14 heavy (non-hydrogen) atoms. The molecule has 84 valence electrons. The average molecular weight is 196 g/mol. The zero-order chi connectivity index (χ0) is 10.9. The van der Waals surface area contributed by atoms with E-state index in [2.05, 4.69) is 41.5 Å². The quantitative estimate of drug-likeness (QED) is 0.603. The van der Waals surface area contributed by atoms with E-state index < -0.39 is 0 Å². The van der Waals surface area contributed by atoms with Crippen molar-refractivity contribution in [2.45, 2.75) is 54.4 Å². The molecule has 1 saturated carbocycles. The van der Waals surface area contributed by atoms with Crippen LogP contribution in [0.5, 0.6) is 0 Å². The summed E-state index contributed by atoms with van der Waals surface area (Å²) in [6, 6.07) is 0. The third-order valence-electron chi connectivity index (χ3n) is 4.52. The molecule has 0 heteroatoms. The molecule has 0 aromatic carbocycles. The molecule has 1 aliphatic rings. The summed E-state index contributed by atoms with van der Waals surface area (Å²) in [5.41, 5.74) is 0. The zero-order valence-electron chi connectivity index (χ0n) is 10.9. The fraction of sp³-hybridized carbons (Fsp3) is 1.00. The minimum Gasteiger partial charge on any atom is -0.0625 e. The van der Waals surface area contributed by atoms with E-state index in [0.29, 0.717) is 0 Å². The summed E-state index contributed by atoms with van der Waals surface area (Å²) in [6.45, 7) is 14.3. The average Bonchev–Trinajstić information content (AvgIpc) is 2.82. The van der Waals surface area contributed by atoms with E-state index in [0.717, 1.165) is 35.5 Å². The van der Waals surface area contributed by atoms with Crippen LogP contribution in [0.3, 0.4) is 0 Å². The van der Waals surface area contributed by atoms with Gasteiger partial charge in [-0.2, -0.15) is 0 Å². The van der Waals surface area contributed by atoms with Gasteiger partial charge in [-0.25, -0.2) is 0 Å². The molecule has 0 radical (unpaired) electrons. The molecule has 0 N–H and O–H groups in total. The second-order valence-electron chi connectivity index (χ2n) is 6.22. The van der Waals surface area contributed by atoms with Gasteiger partial charge in [0.1, 0.15) is 0 Å². The van der Waals surface area contributed by atoms with Crippen LogP contribution in [0.15, 0.2) is 0 Å². The Hall–Kier alpha value is 0. The molecule has 0 amide bonds. The molecule has 0 aromatic rings. The van der Waals surface area contributed by atoms with Gasteiger partial charge in [-0.3, -0.25) is 0 Å². The highest BCUT2D eigenvalue weighted by atomic mass is 14.5. The van der Waals surface area contributed by atoms with Crippen molar-refractivity contribution in [1.29, 1.82) is 0 Å². The summed E-state index contributed by atoms with van der Waals surface area (Å²) in [5, 5.41) is 0. The maximum Gasteiger partial charge on any atom is -0.0355 e. The van der Waals surface area contributed by atoms with E-state index in [1.54, 1.807) is 0 Å². The van der Waals surface area contributed by atoms with E-state index in [-0.39, 0.29) is 0 Å². The SMILES string of the molecule is CC(C)C(C)CC1CC1C(C)C(C)C. The van der Waals surface area contributed by atoms with Crippen molar-refractivity contribution < 1.29 is 0 Å². The summed E-state index contributed by atoms with van der Waals surface area (Å²) in [5.74, 6) is 5.72. The van der Waals surface area contributed by atoms with Gasteiger partial charge in [-0.1, -0.05) is 41.5 Å². The number of hydrogen-bond acceptors (Lipinski definition) is 0. The minimum atomic E-state index is 0.866. The molecule has 0 spiro atoms. The lowest BCUT2D eigenvalue weighted by Crippen LogP contribution is -2.10. The van der Waals surface area contributed by atoms with Crippen molar-refractivity contribution in [1.82, 2.24) is 0 Å². The molecule has 1 aliphatic carbocycles. The van der Waals surface area contributed by atoms with Crippen LogP contribution in [0, 0.1) is 35.5 Å².